The molecule has 14 heteroatoms. The Morgan fingerprint density at radius 2 is 1.95 bits per heavy atom. The van der Waals surface area contributed by atoms with Gasteiger partial charge < -0.3 is 10.1 Å². The zero-order valence-corrected chi connectivity index (χ0v) is 21.2. The van der Waals surface area contributed by atoms with Crippen molar-refractivity contribution in [3.8, 4) is 0 Å². The molecule has 204 valence electrons. The molecule has 4 N–H and O–H groups in total. The number of carbonyl (C=O) groups excluding carboxylic acids is 2. The molecule has 1 saturated heterocycles. The van der Waals surface area contributed by atoms with Crippen molar-refractivity contribution in [3.05, 3.63) is 58.8 Å². The van der Waals surface area contributed by atoms with Crippen LogP contribution in [0.3, 0.4) is 0 Å². The van der Waals surface area contributed by atoms with Crippen molar-refractivity contribution < 1.29 is 42.1 Å². The lowest BCUT2D eigenvalue weighted by Gasteiger charge is -2.26. The summed E-state index contributed by atoms with van der Waals surface area (Å²) in [6, 6.07) is 4.32. The molecular formula is C24H28F2N5O6S+. The number of pyridine rings is 1. The zero-order chi connectivity index (χ0) is 27.4. The lowest BCUT2D eigenvalue weighted by atomic mass is 9.90. The minimum absolute atomic E-state index is 0.00452. The van der Waals surface area contributed by atoms with E-state index >= 15 is 0 Å². The predicted octanol–water partition coefficient (Wildman–Crippen LogP) is -1.13. The summed E-state index contributed by atoms with van der Waals surface area (Å²) < 4.78 is 57.4. The van der Waals surface area contributed by atoms with Crippen LogP contribution >= 0.6 is 0 Å². The van der Waals surface area contributed by atoms with Crippen LogP contribution in [0, 0.1) is 17.6 Å². The molecule has 0 bridgehead atoms. The first kappa shape index (κ1) is 27.7. The smallest absolute Gasteiger partial charge is 0.275 e. The van der Waals surface area contributed by atoms with Crippen molar-refractivity contribution in [2.24, 2.45) is 5.92 Å². The largest absolute Gasteiger partial charge is 0.379 e. The van der Waals surface area contributed by atoms with Crippen LogP contribution in [0.5, 0.6) is 0 Å². The predicted molar refractivity (Wildman–Crippen MR) is 131 cm³/mol. The van der Waals surface area contributed by atoms with Crippen molar-refractivity contribution in [2.75, 3.05) is 49.4 Å². The molecule has 1 fully saturated rings. The Hall–Kier alpha value is -3.33. The molecule has 11 nitrogen and oxygen atoms in total. The molecule has 1 atom stereocenters. The highest BCUT2D eigenvalue weighted by atomic mass is 32.2. The van der Waals surface area contributed by atoms with Crippen molar-refractivity contribution in [1.82, 2.24) is 15.2 Å². The van der Waals surface area contributed by atoms with Gasteiger partial charge in [-0.15, -0.1) is 0 Å². The summed E-state index contributed by atoms with van der Waals surface area (Å²) in [5.74, 6) is -5.60. The van der Waals surface area contributed by atoms with E-state index in [0.717, 1.165) is 12.1 Å². The number of nitrogens with one attached hydrogen (secondary N) is 1. The van der Waals surface area contributed by atoms with Gasteiger partial charge in [-0.1, -0.05) is 6.07 Å². The van der Waals surface area contributed by atoms with Crippen LogP contribution in [0.2, 0.25) is 0 Å². The van der Waals surface area contributed by atoms with Gasteiger partial charge >= 0.3 is 0 Å². The lowest BCUT2D eigenvalue weighted by molar-refractivity contribution is -0.142. The summed E-state index contributed by atoms with van der Waals surface area (Å²) in [6.07, 6.45) is 1.44. The Balaban J connectivity index is 1.42. The van der Waals surface area contributed by atoms with E-state index in [-0.39, 0.29) is 52.2 Å². The van der Waals surface area contributed by atoms with Crippen molar-refractivity contribution in [2.45, 2.75) is 13.0 Å². The number of ether oxygens (including phenoxy) is 1. The third-order valence-corrected chi connectivity index (χ3v) is 8.09. The Kier molecular flexibility index (Phi) is 8.45. The number of sulfone groups is 1. The topological polar surface area (TPSA) is 155 Å². The first-order valence-corrected chi connectivity index (χ1v) is 13.7. The highest BCUT2D eigenvalue weighted by Crippen LogP contribution is 2.28. The summed E-state index contributed by atoms with van der Waals surface area (Å²) >= 11 is 0. The maximum atomic E-state index is 13.9. The average Bonchev–Trinajstić information content (AvgIpc) is 2.90. The lowest BCUT2D eigenvalue weighted by Crippen LogP contribution is -2.59. The maximum Gasteiger partial charge on any atom is 0.275 e. The highest BCUT2D eigenvalue weighted by molar-refractivity contribution is 7.91. The van der Waals surface area contributed by atoms with E-state index < -0.39 is 39.2 Å². The number of hydrogen-bond acceptors (Lipinski definition) is 8. The standard InChI is InChI=1S/C24H27F2N5O6S/c25-17-2-1-16(19(26)12-17)14-29-23(32)20-21(27)18-11-15(13-28-22(18)31(34)24(20)33)3-9-38(35,36)10-6-30-4-7-37-8-5-30/h1-2,11-13,20,27,34H,3-10,14H2,(H,29,32)/p+1. The van der Waals surface area contributed by atoms with E-state index in [1.165, 1.54) is 12.3 Å². The van der Waals surface area contributed by atoms with E-state index in [9.17, 15) is 32.0 Å². The van der Waals surface area contributed by atoms with Crippen LogP contribution in [-0.4, -0.2) is 85.4 Å². The Bertz CT molecular complexity index is 1350. The van der Waals surface area contributed by atoms with Gasteiger partial charge in [-0.25, -0.2) is 22.2 Å². The van der Waals surface area contributed by atoms with Crippen LogP contribution in [0.15, 0.2) is 30.5 Å². The number of hydroxylamine groups is 1. The quantitative estimate of drug-likeness (QED) is 0.261. The number of aromatic nitrogens is 1. The molecule has 0 aliphatic carbocycles. The molecule has 3 heterocycles. The number of benzene rings is 1. The number of fused-ring (bicyclic) bond motifs is 1. The third-order valence-electron chi connectivity index (χ3n) is 6.46. The van der Waals surface area contributed by atoms with Gasteiger partial charge in [-0.3, -0.25) is 25.1 Å². The summed E-state index contributed by atoms with van der Waals surface area (Å²) in [4.78, 5) is 31.5. The summed E-state index contributed by atoms with van der Waals surface area (Å²) in [6.45, 7) is 2.58. The van der Waals surface area contributed by atoms with Crippen LogP contribution in [-0.2, 0) is 37.1 Å². The maximum absolute atomic E-state index is 13.9. The van der Waals surface area contributed by atoms with Gasteiger partial charge in [-0.05, 0) is 24.1 Å². The molecular weight excluding hydrogens is 524 g/mol. The van der Waals surface area contributed by atoms with Gasteiger partial charge in [0.1, 0.15) is 11.6 Å². The monoisotopic (exact) mass is 552 g/mol. The second-order valence-electron chi connectivity index (χ2n) is 9.06. The second-order valence-corrected chi connectivity index (χ2v) is 11.4. The Morgan fingerprint density at radius 3 is 2.66 bits per heavy atom. The fraction of sp³-hybridized carbons (Fsp3) is 0.417. The molecule has 1 unspecified atom stereocenters. The number of hydrogen-bond donors (Lipinski definition) is 3. The molecule has 1 aromatic heterocycles. The number of halogens is 2. The minimum Gasteiger partial charge on any atom is -0.379 e. The fourth-order valence-electron chi connectivity index (χ4n) is 4.21. The molecule has 0 saturated carbocycles. The average molecular weight is 553 g/mol. The second kappa shape index (κ2) is 11.6. The number of morpholine rings is 1. The van der Waals surface area contributed by atoms with Gasteiger partial charge in [0.05, 0.1) is 30.3 Å². The van der Waals surface area contributed by atoms with E-state index in [1.54, 1.807) is 0 Å². The SMILES string of the molecule is [NH2+]=C1c2cc(CCS(=O)(=O)CCN3CCOCC3)cnc2N(O)C(=O)C1C(=O)NCc1ccc(F)cc1F. The number of carbonyl (C=O) groups is 2. The first-order valence-electron chi connectivity index (χ1n) is 11.9. The summed E-state index contributed by atoms with van der Waals surface area (Å²) in [5, 5.41) is 19.1. The fourth-order valence-corrected chi connectivity index (χ4v) is 5.49. The Morgan fingerprint density at radius 1 is 1.21 bits per heavy atom. The van der Waals surface area contributed by atoms with Crippen LogP contribution in [0.1, 0.15) is 16.7 Å². The highest BCUT2D eigenvalue weighted by Gasteiger charge is 2.46. The summed E-state index contributed by atoms with van der Waals surface area (Å²) in [7, 11) is -3.38. The van der Waals surface area contributed by atoms with E-state index in [1.807, 2.05) is 4.90 Å². The minimum atomic E-state index is -3.38. The van der Waals surface area contributed by atoms with Crippen molar-refractivity contribution >= 4 is 33.2 Å². The van der Waals surface area contributed by atoms with E-state index in [4.69, 9.17) is 10.1 Å². The molecule has 0 spiro atoms. The third kappa shape index (κ3) is 6.38. The number of amides is 2. The normalized spacial score (nSPS) is 18.4. The van der Waals surface area contributed by atoms with E-state index in [2.05, 4.69) is 10.3 Å². The van der Waals surface area contributed by atoms with Gasteiger partial charge in [-0.2, -0.15) is 5.06 Å². The number of anilines is 1. The van der Waals surface area contributed by atoms with Crippen LogP contribution in [0.4, 0.5) is 14.6 Å². The van der Waals surface area contributed by atoms with Crippen molar-refractivity contribution in [1.29, 1.82) is 0 Å². The molecule has 4 rings (SSSR count). The van der Waals surface area contributed by atoms with Gasteiger partial charge in [0, 0.05) is 44.0 Å². The van der Waals surface area contributed by atoms with E-state index in [0.29, 0.717) is 44.5 Å². The zero-order valence-electron chi connectivity index (χ0n) is 20.4. The van der Waals surface area contributed by atoms with Crippen molar-refractivity contribution in [3.63, 3.8) is 0 Å². The summed E-state index contributed by atoms with van der Waals surface area (Å²) in [5.41, 5.74) is 0.374. The van der Waals surface area contributed by atoms with Gasteiger partial charge in [0.25, 0.3) is 5.91 Å². The molecule has 2 aromatic rings. The number of rotatable bonds is 9. The molecule has 0 radical (unpaired) electrons. The molecule has 2 aliphatic heterocycles. The molecule has 2 aliphatic rings. The number of nitrogens with two attached hydrogens (primary N) is 1. The number of aryl methyl sites for hydroxylation is 1. The van der Waals surface area contributed by atoms with Gasteiger partial charge in [0.15, 0.2) is 15.7 Å². The molecule has 1 aromatic carbocycles. The Labute approximate surface area is 217 Å². The first-order chi connectivity index (χ1) is 18.1. The molecule has 38 heavy (non-hydrogen) atoms. The van der Waals surface area contributed by atoms with Crippen LogP contribution < -0.4 is 15.8 Å². The van der Waals surface area contributed by atoms with Crippen LogP contribution in [0.25, 0.3) is 0 Å². The van der Waals surface area contributed by atoms with Gasteiger partial charge in [0.2, 0.25) is 17.5 Å². The molecule has 2 amide bonds. The number of nitrogens with zero attached hydrogens (tertiary/aromatic N) is 3.